The maximum absolute atomic E-state index is 13.0. The molecule has 1 aromatic carbocycles. The van der Waals surface area contributed by atoms with E-state index in [1.807, 2.05) is 35.7 Å². The highest BCUT2D eigenvalue weighted by Crippen LogP contribution is 2.53. The Labute approximate surface area is 116 Å². The van der Waals surface area contributed by atoms with E-state index < -0.39 is 0 Å². The van der Waals surface area contributed by atoms with Crippen molar-refractivity contribution in [1.82, 2.24) is 0 Å². The standard InChI is InChI=1S/C13H16ClFS2/c14-8-1-7-13(16-9-2-10-17-13)11-3-5-12(15)6-4-11/h3-6H,1-2,7-10H2. The predicted molar refractivity (Wildman–Crippen MR) is 77.6 cm³/mol. The molecule has 0 radical (unpaired) electrons. The monoisotopic (exact) mass is 290 g/mol. The number of thioether (sulfide) groups is 2. The highest BCUT2D eigenvalue weighted by molar-refractivity contribution is 8.18. The van der Waals surface area contributed by atoms with Crippen LogP contribution in [0, 0.1) is 5.82 Å². The fraction of sp³-hybridized carbons (Fsp3) is 0.538. The summed E-state index contributed by atoms with van der Waals surface area (Å²) in [4.78, 5) is 0. The average Bonchev–Trinajstić information content (AvgIpc) is 2.38. The fourth-order valence-corrected chi connectivity index (χ4v) is 5.60. The van der Waals surface area contributed by atoms with Gasteiger partial charge in [0.15, 0.2) is 0 Å². The van der Waals surface area contributed by atoms with Gasteiger partial charge in [-0.05, 0) is 48.5 Å². The molecule has 0 N–H and O–H groups in total. The summed E-state index contributed by atoms with van der Waals surface area (Å²) in [6.07, 6.45) is 3.34. The Balaban J connectivity index is 2.21. The highest BCUT2D eigenvalue weighted by atomic mass is 35.5. The van der Waals surface area contributed by atoms with Gasteiger partial charge in [0.25, 0.3) is 0 Å². The van der Waals surface area contributed by atoms with Gasteiger partial charge in [0, 0.05) is 5.88 Å². The van der Waals surface area contributed by atoms with Crippen LogP contribution in [-0.2, 0) is 4.08 Å². The maximum Gasteiger partial charge on any atom is 0.123 e. The molecule has 0 aliphatic carbocycles. The smallest absolute Gasteiger partial charge is 0.123 e. The lowest BCUT2D eigenvalue weighted by atomic mass is 10.1. The van der Waals surface area contributed by atoms with Crippen molar-refractivity contribution in [1.29, 1.82) is 0 Å². The SMILES string of the molecule is Fc1ccc(C2(CCCCl)SCCCS2)cc1. The molecule has 1 aliphatic rings. The Hall–Kier alpha value is 0.140. The van der Waals surface area contributed by atoms with Gasteiger partial charge in [-0.1, -0.05) is 12.1 Å². The zero-order valence-corrected chi connectivity index (χ0v) is 12.0. The Kier molecular flexibility index (Phi) is 5.07. The third-order valence-corrected chi connectivity index (χ3v) is 6.65. The van der Waals surface area contributed by atoms with E-state index in [9.17, 15) is 4.39 Å². The van der Waals surface area contributed by atoms with Crippen LogP contribution in [0.3, 0.4) is 0 Å². The third kappa shape index (κ3) is 3.33. The topological polar surface area (TPSA) is 0 Å². The number of halogens is 2. The second-order valence-electron chi connectivity index (χ2n) is 4.10. The summed E-state index contributed by atoms with van der Waals surface area (Å²) < 4.78 is 13.1. The minimum Gasteiger partial charge on any atom is -0.207 e. The molecule has 2 rings (SSSR count). The van der Waals surface area contributed by atoms with Gasteiger partial charge in [0.2, 0.25) is 0 Å². The van der Waals surface area contributed by atoms with E-state index in [0.717, 1.165) is 12.8 Å². The summed E-state index contributed by atoms with van der Waals surface area (Å²) in [5, 5.41) is 0. The van der Waals surface area contributed by atoms with Crippen LogP contribution < -0.4 is 0 Å². The van der Waals surface area contributed by atoms with Crippen LogP contribution in [0.1, 0.15) is 24.8 Å². The summed E-state index contributed by atoms with van der Waals surface area (Å²) in [7, 11) is 0. The van der Waals surface area contributed by atoms with Crippen LogP contribution in [0.5, 0.6) is 0 Å². The number of alkyl halides is 1. The predicted octanol–water partition coefficient (Wildman–Crippen LogP) is 4.87. The molecular formula is C13H16ClFS2. The Morgan fingerprint density at radius 2 is 1.82 bits per heavy atom. The summed E-state index contributed by atoms with van der Waals surface area (Å²) in [5.74, 6) is 2.91. The molecule has 4 heteroatoms. The third-order valence-electron chi connectivity index (χ3n) is 2.88. The van der Waals surface area contributed by atoms with Crippen molar-refractivity contribution >= 4 is 35.1 Å². The second-order valence-corrected chi connectivity index (χ2v) is 7.53. The molecule has 0 aromatic heterocycles. The van der Waals surface area contributed by atoms with Crippen LogP contribution in [0.25, 0.3) is 0 Å². The van der Waals surface area contributed by atoms with Crippen molar-refractivity contribution in [3.05, 3.63) is 35.6 Å². The van der Waals surface area contributed by atoms with Crippen molar-refractivity contribution in [2.24, 2.45) is 0 Å². The largest absolute Gasteiger partial charge is 0.207 e. The summed E-state index contributed by atoms with van der Waals surface area (Å²) in [6, 6.07) is 6.98. The van der Waals surface area contributed by atoms with E-state index >= 15 is 0 Å². The first-order valence-corrected chi connectivity index (χ1v) is 8.37. The molecule has 1 aromatic rings. The molecule has 1 saturated heterocycles. The van der Waals surface area contributed by atoms with Crippen LogP contribution in [0.2, 0.25) is 0 Å². The first kappa shape index (κ1) is 13.6. The number of benzene rings is 1. The second kappa shape index (κ2) is 6.35. The first-order chi connectivity index (χ1) is 8.27. The molecule has 1 aliphatic heterocycles. The van der Waals surface area contributed by atoms with Crippen LogP contribution in [0.15, 0.2) is 24.3 Å². The van der Waals surface area contributed by atoms with E-state index in [-0.39, 0.29) is 9.90 Å². The van der Waals surface area contributed by atoms with Crippen molar-refractivity contribution in [2.45, 2.75) is 23.3 Å². The van der Waals surface area contributed by atoms with Crippen molar-refractivity contribution in [3.8, 4) is 0 Å². The first-order valence-electron chi connectivity index (χ1n) is 5.87. The molecule has 1 fully saturated rings. The molecule has 0 unspecified atom stereocenters. The number of hydrogen-bond donors (Lipinski definition) is 0. The summed E-state index contributed by atoms with van der Waals surface area (Å²) >= 11 is 9.80. The molecular weight excluding hydrogens is 275 g/mol. The molecule has 0 spiro atoms. The molecule has 94 valence electrons. The van der Waals surface area contributed by atoms with Gasteiger partial charge in [-0.15, -0.1) is 35.1 Å². The van der Waals surface area contributed by atoms with Crippen LogP contribution >= 0.6 is 35.1 Å². The number of rotatable bonds is 4. The van der Waals surface area contributed by atoms with Gasteiger partial charge in [-0.2, -0.15) is 0 Å². The molecule has 0 saturated carbocycles. The Morgan fingerprint density at radius 1 is 1.18 bits per heavy atom. The normalized spacial score (nSPS) is 19.2. The summed E-state index contributed by atoms with van der Waals surface area (Å²) in [5.41, 5.74) is 1.23. The van der Waals surface area contributed by atoms with E-state index in [4.69, 9.17) is 11.6 Å². The quantitative estimate of drug-likeness (QED) is 0.726. The molecule has 0 bridgehead atoms. The average molecular weight is 291 g/mol. The van der Waals surface area contributed by atoms with Crippen LogP contribution in [-0.4, -0.2) is 17.4 Å². The lowest BCUT2D eigenvalue weighted by molar-refractivity contribution is 0.625. The van der Waals surface area contributed by atoms with Crippen LogP contribution in [0.4, 0.5) is 4.39 Å². The fourth-order valence-electron chi connectivity index (χ4n) is 2.03. The van der Waals surface area contributed by atoms with E-state index in [2.05, 4.69) is 0 Å². The molecule has 17 heavy (non-hydrogen) atoms. The van der Waals surface area contributed by atoms with E-state index in [0.29, 0.717) is 5.88 Å². The van der Waals surface area contributed by atoms with E-state index in [1.54, 1.807) is 12.1 Å². The van der Waals surface area contributed by atoms with Gasteiger partial charge in [0.05, 0.1) is 4.08 Å². The summed E-state index contributed by atoms with van der Waals surface area (Å²) in [6.45, 7) is 0. The van der Waals surface area contributed by atoms with Gasteiger partial charge >= 0.3 is 0 Å². The zero-order valence-electron chi connectivity index (χ0n) is 9.62. The molecule has 1 heterocycles. The van der Waals surface area contributed by atoms with Gasteiger partial charge in [-0.3, -0.25) is 0 Å². The van der Waals surface area contributed by atoms with Crippen molar-refractivity contribution < 1.29 is 4.39 Å². The van der Waals surface area contributed by atoms with Gasteiger partial charge in [-0.25, -0.2) is 4.39 Å². The minimum absolute atomic E-state index is 0.0981. The van der Waals surface area contributed by atoms with E-state index in [1.165, 1.54) is 23.5 Å². The van der Waals surface area contributed by atoms with Crippen molar-refractivity contribution in [2.75, 3.05) is 17.4 Å². The van der Waals surface area contributed by atoms with Gasteiger partial charge < -0.3 is 0 Å². The lowest BCUT2D eigenvalue weighted by Gasteiger charge is -2.36. The Morgan fingerprint density at radius 3 is 2.41 bits per heavy atom. The van der Waals surface area contributed by atoms with Gasteiger partial charge in [0.1, 0.15) is 5.82 Å². The van der Waals surface area contributed by atoms with Crippen molar-refractivity contribution in [3.63, 3.8) is 0 Å². The highest BCUT2D eigenvalue weighted by Gasteiger charge is 2.34. The lowest BCUT2D eigenvalue weighted by Crippen LogP contribution is -2.23. The Bertz CT molecular complexity index is 347. The zero-order chi connectivity index (χ0) is 12.1. The maximum atomic E-state index is 13.0. The number of hydrogen-bond acceptors (Lipinski definition) is 2. The molecule has 0 atom stereocenters. The minimum atomic E-state index is -0.160. The molecule has 0 nitrogen and oxygen atoms in total. The molecule has 0 amide bonds.